The monoisotopic (exact) mass is 214 g/mol. The topological polar surface area (TPSA) is 126 Å². The van der Waals surface area contributed by atoms with Crippen LogP contribution in [0.1, 0.15) is 12.8 Å². The zero-order chi connectivity index (χ0) is 9.83. The molecule has 0 fully saturated rings. The summed E-state index contributed by atoms with van der Waals surface area (Å²) in [5.41, 5.74) is 0. The molecule has 0 amide bonds. The lowest BCUT2D eigenvalue weighted by Gasteiger charge is -2.32. The molecule has 0 radical (unpaired) electrons. The summed E-state index contributed by atoms with van der Waals surface area (Å²) in [5.74, 6) is 0. The van der Waals surface area contributed by atoms with E-state index in [1.807, 2.05) is 0 Å². The van der Waals surface area contributed by atoms with Crippen molar-refractivity contribution in [2.75, 3.05) is 12.3 Å². The second-order valence-corrected chi connectivity index (χ2v) is 5.71. The van der Waals surface area contributed by atoms with Gasteiger partial charge in [0.2, 0.25) is 0 Å². The Hall–Kier alpha value is 0.300. The molecule has 0 heterocycles. The summed E-state index contributed by atoms with van der Waals surface area (Å²) in [7, 11) is -9.08. The first-order chi connectivity index (χ1) is 5.21. The maximum atomic E-state index is 10.0. The zero-order valence-corrected chi connectivity index (χ0v) is 7.96. The van der Waals surface area contributed by atoms with Crippen LogP contribution in [0.3, 0.4) is 0 Å². The summed E-state index contributed by atoms with van der Waals surface area (Å²) in [6.07, 6.45) is -1.32. The number of hydrogen-bond donors (Lipinski definition) is 0. The van der Waals surface area contributed by atoms with Crippen LogP contribution in [-0.4, -0.2) is 12.3 Å². The van der Waals surface area contributed by atoms with Crippen molar-refractivity contribution >= 4 is 15.2 Å². The van der Waals surface area contributed by atoms with E-state index < -0.39 is 27.5 Å². The van der Waals surface area contributed by atoms with Gasteiger partial charge in [0.25, 0.3) is 0 Å². The number of unbranched alkanes of at least 4 members (excludes halogenated alkanes) is 1. The molecule has 12 heavy (non-hydrogen) atoms. The Labute approximate surface area is 69.9 Å². The molecule has 74 valence electrons. The summed E-state index contributed by atoms with van der Waals surface area (Å²) in [4.78, 5) is 40.0. The molecule has 0 saturated heterocycles. The van der Waals surface area contributed by atoms with Crippen molar-refractivity contribution < 1.29 is 28.7 Å². The minimum absolute atomic E-state index is 0.0707. The molecule has 0 aromatic heterocycles. The van der Waals surface area contributed by atoms with Crippen molar-refractivity contribution in [2.45, 2.75) is 12.8 Å². The van der Waals surface area contributed by atoms with Crippen molar-refractivity contribution in [1.29, 1.82) is 0 Å². The highest BCUT2D eigenvalue weighted by Gasteiger charge is 1.94. The van der Waals surface area contributed by atoms with Crippen molar-refractivity contribution in [1.82, 2.24) is 0 Å². The average molecular weight is 214 g/mol. The van der Waals surface area contributed by atoms with Gasteiger partial charge in [0.15, 0.2) is 0 Å². The van der Waals surface area contributed by atoms with E-state index in [1.165, 1.54) is 0 Å². The highest BCUT2D eigenvalue weighted by molar-refractivity contribution is 7.49. The lowest BCUT2D eigenvalue weighted by atomic mass is 10.4. The van der Waals surface area contributed by atoms with Gasteiger partial charge < -0.3 is 28.7 Å². The maximum absolute atomic E-state index is 10.0. The molecule has 0 aromatic carbocycles. The fourth-order valence-corrected chi connectivity index (χ4v) is 1.83. The molecular weight excluding hydrogens is 206 g/mol. The van der Waals surface area contributed by atoms with E-state index in [0.717, 1.165) is 0 Å². The standard InChI is InChI=1S/C4H12O6P2/c5-11(6,7)3-1-2-4-12(8,9)10/h1-4H2,(H2,5,6,7)(H2,8,9,10)/p-4. The fourth-order valence-electron chi connectivity index (χ4n) is 0.611. The third-order valence-corrected chi connectivity index (χ3v) is 2.84. The second kappa shape index (κ2) is 4.51. The molecule has 0 aromatic rings. The van der Waals surface area contributed by atoms with Crippen LogP contribution in [-0.2, 0) is 9.13 Å². The van der Waals surface area contributed by atoms with Gasteiger partial charge in [-0.3, -0.25) is 0 Å². The minimum atomic E-state index is -4.54. The van der Waals surface area contributed by atoms with Crippen LogP contribution in [0.5, 0.6) is 0 Å². The van der Waals surface area contributed by atoms with E-state index in [4.69, 9.17) is 0 Å². The molecule has 0 bridgehead atoms. The van der Waals surface area contributed by atoms with Gasteiger partial charge in [-0.25, -0.2) is 0 Å². The fraction of sp³-hybridized carbons (Fsp3) is 1.00. The van der Waals surface area contributed by atoms with Crippen LogP contribution in [0, 0.1) is 0 Å². The van der Waals surface area contributed by atoms with Gasteiger partial charge in [-0.15, -0.1) is 0 Å². The Balaban J connectivity index is 3.48. The molecular formula is C4H8O6P2-4. The molecule has 0 spiro atoms. The molecule has 0 aliphatic rings. The largest absolute Gasteiger partial charge is 0.811 e. The molecule has 0 saturated carbocycles. The second-order valence-electron chi connectivity index (χ2n) is 2.38. The molecule has 0 aliphatic heterocycles. The van der Waals surface area contributed by atoms with Crippen molar-refractivity contribution in [3.8, 4) is 0 Å². The molecule has 0 aliphatic carbocycles. The molecule has 0 N–H and O–H groups in total. The summed E-state index contributed by atoms with van der Waals surface area (Å²) < 4.78 is 20.0. The quantitative estimate of drug-likeness (QED) is 0.370. The van der Waals surface area contributed by atoms with E-state index in [9.17, 15) is 28.7 Å². The first-order valence-corrected chi connectivity index (χ1v) is 6.68. The molecule has 0 unspecified atom stereocenters. The molecule has 8 heteroatoms. The summed E-state index contributed by atoms with van der Waals surface area (Å²) in [6, 6.07) is 0. The Morgan fingerprint density at radius 3 is 1.17 bits per heavy atom. The average Bonchev–Trinajstić information content (AvgIpc) is 1.76. The van der Waals surface area contributed by atoms with Crippen molar-refractivity contribution in [3.05, 3.63) is 0 Å². The molecule has 6 nitrogen and oxygen atoms in total. The van der Waals surface area contributed by atoms with Gasteiger partial charge in [0.05, 0.1) is 0 Å². The van der Waals surface area contributed by atoms with Crippen molar-refractivity contribution in [3.63, 3.8) is 0 Å². The molecule has 0 atom stereocenters. The normalized spacial score (nSPS) is 13.3. The Kier molecular flexibility index (Phi) is 4.62. The SMILES string of the molecule is O=P([O-])([O-])CCCCP(=O)([O-])[O-]. The molecule has 0 rings (SSSR count). The Bertz CT molecular complexity index is 190. The van der Waals surface area contributed by atoms with Crippen LogP contribution in [0.2, 0.25) is 0 Å². The van der Waals surface area contributed by atoms with E-state index in [2.05, 4.69) is 0 Å². The first kappa shape index (κ1) is 12.3. The van der Waals surface area contributed by atoms with Gasteiger partial charge in [0, 0.05) is 0 Å². The van der Waals surface area contributed by atoms with Gasteiger partial charge >= 0.3 is 0 Å². The van der Waals surface area contributed by atoms with E-state index in [0.29, 0.717) is 0 Å². The smallest absolute Gasteiger partial charge is 0.0250 e. The predicted molar refractivity (Wildman–Crippen MR) is 34.2 cm³/mol. The van der Waals surface area contributed by atoms with E-state index >= 15 is 0 Å². The Morgan fingerprint density at radius 1 is 0.750 bits per heavy atom. The third kappa shape index (κ3) is 10.3. The third-order valence-electron chi connectivity index (χ3n) is 1.11. The highest BCUT2D eigenvalue weighted by atomic mass is 31.2. The number of hydrogen-bond acceptors (Lipinski definition) is 6. The first-order valence-electron chi connectivity index (χ1n) is 3.23. The lowest BCUT2D eigenvalue weighted by molar-refractivity contribution is -0.316. The minimum Gasteiger partial charge on any atom is -0.811 e. The van der Waals surface area contributed by atoms with Crippen LogP contribution >= 0.6 is 15.2 Å². The van der Waals surface area contributed by atoms with Crippen molar-refractivity contribution in [2.24, 2.45) is 0 Å². The van der Waals surface area contributed by atoms with E-state index in [1.54, 1.807) is 0 Å². The summed E-state index contributed by atoms with van der Waals surface area (Å²) >= 11 is 0. The van der Waals surface area contributed by atoms with Crippen LogP contribution in [0.25, 0.3) is 0 Å². The van der Waals surface area contributed by atoms with Gasteiger partial charge in [-0.05, 0) is 25.2 Å². The Morgan fingerprint density at radius 2 is 1.00 bits per heavy atom. The van der Waals surface area contributed by atoms with Crippen LogP contribution < -0.4 is 19.6 Å². The summed E-state index contributed by atoms with van der Waals surface area (Å²) in [5, 5.41) is 0. The van der Waals surface area contributed by atoms with Crippen LogP contribution in [0.15, 0.2) is 0 Å². The predicted octanol–water partition coefficient (Wildman–Crippen LogP) is -2.41. The lowest BCUT2D eigenvalue weighted by Crippen LogP contribution is -2.19. The number of rotatable bonds is 5. The zero-order valence-electron chi connectivity index (χ0n) is 6.17. The highest BCUT2D eigenvalue weighted by Crippen LogP contribution is 2.28. The van der Waals surface area contributed by atoms with Gasteiger partial charge in [0.1, 0.15) is 0 Å². The maximum Gasteiger partial charge on any atom is -0.0250 e. The van der Waals surface area contributed by atoms with Gasteiger partial charge in [-0.1, -0.05) is 15.2 Å². The van der Waals surface area contributed by atoms with E-state index in [-0.39, 0.29) is 12.8 Å². The van der Waals surface area contributed by atoms with Crippen LogP contribution in [0.4, 0.5) is 0 Å². The van der Waals surface area contributed by atoms with Gasteiger partial charge in [-0.2, -0.15) is 0 Å². The summed E-state index contributed by atoms with van der Waals surface area (Å²) in [6.45, 7) is 0.